The Morgan fingerprint density at radius 3 is 2.62 bits per heavy atom. The largest absolute Gasteiger partial charge is 0.381 e. The van der Waals surface area contributed by atoms with Crippen LogP contribution in [0.3, 0.4) is 0 Å². The van der Waals surface area contributed by atoms with E-state index in [2.05, 4.69) is 10.6 Å². The van der Waals surface area contributed by atoms with Gasteiger partial charge >= 0.3 is 0 Å². The van der Waals surface area contributed by atoms with E-state index in [0.29, 0.717) is 0 Å². The lowest BCUT2D eigenvalue weighted by Crippen LogP contribution is -2.08. The van der Waals surface area contributed by atoms with Crippen LogP contribution in [0, 0.1) is 18.6 Å². The molecule has 0 bridgehead atoms. The lowest BCUT2D eigenvalue weighted by atomic mass is 10.1. The first-order valence-electron chi connectivity index (χ1n) is 6.52. The fourth-order valence-corrected chi connectivity index (χ4v) is 1.99. The van der Waals surface area contributed by atoms with Crippen molar-refractivity contribution < 1.29 is 13.6 Å². The summed E-state index contributed by atoms with van der Waals surface area (Å²) in [6, 6.07) is 9.47. The highest BCUT2D eigenvalue weighted by Crippen LogP contribution is 2.21. The molecule has 110 valence electrons. The van der Waals surface area contributed by atoms with Crippen LogP contribution >= 0.6 is 0 Å². The molecule has 3 nitrogen and oxygen atoms in total. The van der Waals surface area contributed by atoms with Crippen molar-refractivity contribution in [3.8, 4) is 0 Å². The van der Waals surface area contributed by atoms with Crippen LogP contribution in [-0.4, -0.2) is 5.91 Å². The van der Waals surface area contributed by atoms with Gasteiger partial charge in [0.2, 0.25) is 5.91 Å². The minimum absolute atomic E-state index is 0.138. The minimum Gasteiger partial charge on any atom is -0.381 e. The Balaban J connectivity index is 2.08. The second-order valence-electron chi connectivity index (χ2n) is 4.78. The van der Waals surface area contributed by atoms with Crippen molar-refractivity contribution in [1.82, 2.24) is 0 Å². The summed E-state index contributed by atoms with van der Waals surface area (Å²) in [5, 5.41) is 5.75. The van der Waals surface area contributed by atoms with Gasteiger partial charge in [-0.2, -0.15) is 0 Å². The summed E-state index contributed by atoms with van der Waals surface area (Å²) in [4.78, 5) is 11.0. The normalized spacial score (nSPS) is 10.3. The van der Waals surface area contributed by atoms with Crippen molar-refractivity contribution in [2.75, 3.05) is 10.6 Å². The number of amides is 1. The third kappa shape index (κ3) is 3.78. The average Bonchev–Trinajstić information content (AvgIpc) is 2.43. The van der Waals surface area contributed by atoms with E-state index in [4.69, 9.17) is 0 Å². The highest BCUT2D eigenvalue weighted by atomic mass is 19.2. The summed E-state index contributed by atoms with van der Waals surface area (Å²) in [6.45, 7) is 3.49. The Morgan fingerprint density at radius 2 is 1.95 bits per heavy atom. The highest BCUT2D eigenvalue weighted by molar-refractivity contribution is 5.89. The maximum absolute atomic E-state index is 13.5. The first-order chi connectivity index (χ1) is 9.97. The molecule has 0 saturated carbocycles. The van der Waals surface area contributed by atoms with Crippen LogP contribution in [0.15, 0.2) is 36.4 Å². The zero-order valence-corrected chi connectivity index (χ0v) is 11.8. The van der Waals surface area contributed by atoms with E-state index in [9.17, 15) is 13.6 Å². The Morgan fingerprint density at radius 1 is 1.19 bits per heavy atom. The van der Waals surface area contributed by atoms with Crippen molar-refractivity contribution in [2.24, 2.45) is 0 Å². The second kappa shape index (κ2) is 6.35. The number of hydrogen-bond donors (Lipinski definition) is 2. The van der Waals surface area contributed by atoms with Gasteiger partial charge in [-0.3, -0.25) is 4.79 Å². The van der Waals surface area contributed by atoms with Crippen molar-refractivity contribution in [3.05, 3.63) is 59.2 Å². The molecule has 1 amide bonds. The molecule has 0 aromatic heterocycles. The Kier molecular flexibility index (Phi) is 4.52. The van der Waals surface area contributed by atoms with Gasteiger partial charge in [0.15, 0.2) is 11.6 Å². The topological polar surface area (TPSA) is 41.1 Å². The number of nitrogens with one attached hydrogen (secondary N) is 2. The molecule has 0 aliphatic heterocycles. The summed E-state index contributed by atoms with van der Waals surface area (Å²) >= 11 is 0. The molecule has 0 aliphatic carbocycles. The smallest absolute Gasteiger partial charge is 0.221 e. The van der Waals surface area contributed by atoms with Gasteiger partial charge in [0.1, 0.15) is 0 Å². The van der Waals surface area contributed by atoms with Crippen molar-refractivity contribution in [3.63, 3.8) is 0 Å². The number of hydrogen-bond acceptors (Lipinski definition) is 2. The van der Waals surface area contributed by atoms with E-state index in [1.807, 2.05) is 13.0 Å². The molecule has 0 fully saturated rings. The second-order valence-corrected chi connectivity index (χ2v) is 4.78. The zero-order valence-electron chi connectivity index (χ0n) is 11.8. The monoisotopic (exact) mass is 290 g/mol. The lowest BCUT2D eigenvalue weighted by molar-refractivity contribution is -0.114. The fourth-order valence-electron chi connectivity index (χ4n) is 1.99. The van der Waals surface area contributed by atoms with Crippen LogP contribution in [0.2, 0.25) is 0 Å². The number of halogens is 2. The predicted molar refractivity (Wildman–Crippen MR) is 79.2 cm³/mol. The molecular weight excluding hydrogens is 274 g/mol. The molecule has 0 spiro atoms. The third-order valence-corrected chi connectivity index (χ3v) is 3.05. The van der Waals surface area contributed by atoms with Crippen LogP contribution < -0.4 is 10.6 Å². The van der Waals surface area contributed by atoms with Gasteiger partial charge < -0.3 is 10.6 Å². The molecule has 0 radical (unpaired) electrons. The summed E-state index contributed by atoms with van der Waals surface area (Å²) in [6.07, 6.45) is 0. The maximum atomic E-state index is 13.5. The molecule has 21 heavy (non-hydrogen) atoms. The summed E-state index contributed by atoms with van der Waals surface area (Å²) in [5.74, 6) is -1.83. The van der Waals surface area contributed by atoms with E-state index >= 15 is 0 Å². The van der Waals surface area contributed by atoms with Gasteiger partial charge in [0.05, 0.1) is 0 Å². The SMILES string of the molecule is CC(=O)Nc1ccc(NCc2cccc(F)c2F)cc1C. The standard InChI is InChI=1S/C16H16F2N2O/c1-10-8-13(6-7-15(10)20-11(2)21)19-9-12-4-3-5-14(17)16(12)18/h3-8,19H,9H2,1-2H3,(H,20,21). The number of aryl methyl sites for hydroxylation is 1. The van der Waals surface area contributed by atoms with E-state index in [-0.39, 0.29) is 18.0 Å². The van der Waals surface area contributed by atoms with E-state index in [0.717, 1.165) is 23.0 Å². The van der Waals surface area contributed by atoms with Crippen molar-refractivity contribution in [2.45, 2.75) is 20.4 Å². The third-order valence-electron chi connectivity index (χ3n) is 3.05. The Labute approximate surface area is 122 Å². The highest BCUT2D eigenvalue weighted by Gasteiger charge is 2.07. The minimum atomic E-state index is -0.855. The number of benzene rings is 2. The molecule has 0 atom stereocenters. The molecule has 2 aromatic rings. The number of rotatable bonds is 4. The first-order valence-corrected chi connectivity index (χ1v) is 6.52. The number of carbonyl (C=O) groups is 1. The fraction of sp³-hybridized carbons (Fsp3) is 0.188. The van der Waals surface area contributed by atoms with Crippen LogP contribution in [-0.2, 0) is 11.3 Å². The van der Waals surface area contributed by atoms with E-state index in [1.54, 1.807) is 12.1 Å². The molecule has 2 aromatic carbocycles. The van der Waals surface area contributed by atoms with Gasteiger partial charge in [0, 0.05) is 30.4 Å². The van der Waals surface area contributed by atoms with Gasteiger partial charge in [-0.25, -0.2) is 8.78 Å². The van der Waals surface area contributed by atoms with Crippen LogP contribution in [0.1, 0.15) is 18.1 Å². The van der Waals surface area contributed by atoms with Gasteiger partial charge in [-0.1, -0.05) is 12.1 Å². The molecule has 2 rings (SSSR count). The molecule has 0 saturated heterocycles. The molecule has 2 N–H and O–H groups in total. The van der Waals surface area contributed by atoms with Crippen molar-refractivity contribution in [1.29, 1.82) is 0 Å². The Bertz CT molecular complexity index is 671. The maximum Gasteiger partial charge on any atom is 0.221 e. The van der Waals surface area contributed by atoms with Gasteiger partial charge in [-0.15, -0.1) is 0 Å². The van der Waals surface area contributed by atoms with Gasteiger partial charge in [-0.05, 0) is 36.8 Å². The van der Waals surface area contributed by atoms with Crippen LogP contribution in [0.4, 0.5) is 20.2 Å². The molecule has 0 aliphatic rings. The van der Waals surface area contributed by atoms with E-state index in [1.165, 1.54) is 19.1 Å². The summed E-state index contributed by atoms with van der Waals surface area (Å²) in [5.41, 5.74) is 2.64. The molecule has 0 heterocycles. The van der Waals surface area contributed by atoms with Crippen molar-refractivity contribution >= 4 is 17.3 Å². The average molecular weight is 290 g/mol. The Hall–Kier alpha value is -2.43. The molecule has 0 unspecified atom stereocenters. The van der Waals surface area contributed by atoms with Crippen LogP contribution in [0.25, 0.3) is 0 Å². The van der Waals surface area contributed by atoms with Crippen LogP contribution in [0.5, 0.6) is 0 Å². The molecular formula is C16H16F2N2O. The number of anilines is 2. The lowest BCUT2D eigenvalue weighted by Gasteiger charge is -2.11. The van der Waals surface area contributed by atoms with Gasteiger partial charge in [0.25, 0.3) is 0 Å². The quantitative estimate of drug-likeness (QED) is 0.898. The number of carbonyl (C=O) groups excluding carboxylic acids is 1. The summed E-state index contributed by atoms with van der Waals surface area (Å²) in [7, 11) is 0. The first kappa shape index (κ1) is 15.0. The summed E-state index contributed by atoms with van der Waals surface area (Å²) < 4.78 is 26.6. The predicted octanol–water partition coefficient (Wildman–Crippen LogP) is 3.84. The zero-order chi connectivity index (χ0) is 15.4. The molecule has 5 heteroatoms. The van der Waals surface area contributed by atoms with E-state index < -0.39 is 11.6 Å².